The average molecular weight is 526 g/mol. The molecule has 36 heavy (non-hydrogen) atoms. The predicted molar refractivity (Wildman–Crippen MR) is 128 cm³/mol. The summed E-state index contributed by atoms with van der Waals surface area (Å²) in [6.45, 7) is 0.165. The molecule has 0 saturated carbocycles. The van der Waals surface area contributed by atoms with Crippen LogP contribution < -0.4 is 0 Å². The number of hydrogen-bond acceptors (Lipinski definition) is 8. The summed E-state index contributed by atoms with van der Waals surface area (Å²) in [6.07, 6.45) is 7.01. The Morgan fingerprint density at radius 3 is 2.69 bits per heavy atom. The fourth-order valence-corrected chi connectivity index (χ4v) is 7.21. The second-order valence-electron chi connectivity index (χ2n) is 8.82. The van der Waals surface area contributed by atoms with Crippen molar-refractivity contribution >= 4 is 33.2 Å². The number of fused-ring (bicyclic) bond motifs is 2. The Bertz CT molecular complexity index is 1610. The lowest BCUT2D eigenvalue weighted by Gasteiger charge is -2.44. The largest absolute Gasteiger partial charge is 0.290 e. The molecule has 13 heteroatoms. The van der Waals surface area contributed by atoms with Crippen molar-refractivity contribution in [2.45, 2.75) is 17.9 Å². The third-order valence-corrected chi connectivity index (χ3v) is 9.45. The second kappa shape index (κ2) is 8.25. The van der Waals surface area contributed by atoms with Crippen LogP contribution in [0.4, 0.5) is 4.39 Å². The highest BCUT2D eigenvalue weighted by atomic mass is 32.2. The zero-order chi connectivity index (χ0) is 25.1. The zero-order valence-electron chi connectivity index (χ0n) is 19.1. The third kappa shape index (κ3) is 3.45. The number of aromatic nitrogens is 6. The Kier molecular flexibility index (Phi) is 5.24. The highest BCUT2D eigenvalue weighted by Gasteiger charge is 2.52. The lowest BCUT2D eigenvalue weighted by atomic mass is 9.66. The topological polar surface area (TPSA) is 116 Å². The van der Waals surface area contributed by atoms with E-state index in [4.69, 9.17) is 0 Å². The molecule has 0 spiro atoms. The van der Waals surface area contributed by atoms with E-state index < -0.39 is 15.4 Å². The molecule has 0 N–H and O–H groups in total. The maximum Gasteiger partial charge on any atom is 0.261 e. The van der Waals surface area contributed by atoms with Crippen LogP contribution >= 0.6 is 11.3 Å². The molecule has 2 aliphatic rings. The summed E-state index contributed by atoms with van der Waals surface area (Å²) in [4.78, 5) is 18.2. The number of ketones is 1. The quantitative estimate of drug-likeness (QED) is 0.368. The van der Waals surface area contributed by atoms with E-state index in [2.05, 4.69) is 20.4 Å². The van der Waals surface area contributed by atoms with E-state index in [1.807, 2.05) is 6.08 Å². The Balaban J connectivity index is 1.45. The summed E-state index contributed by atoms with van der Waals surface area (Å²) in [5.74, 6) is -0.560. The molecule has 1 aliphatic carbocycles. The Labute approximate surface area is 209 Å². The Morgan fingerprint density at radius 1 is 1.19 bits per heavy atom. The van der Waals surface area contributed by atoms with Crippen LogP contribution in [0.15, 0.2) is 58.8 Å². The van der Waals surface area contributed by atoms with Gasteiger partial charge in [-0.05, 0) is 48.7 Å². The van der Waals surface area contributed by atoms with Crippen LogP contribution in [0.2, 0.25) is 0 Å². The summed E-state index contributed by atoms with van der Waals surface area (Å²) in [5, 5.41) is 14.0. The first-order chi connectivity index (χ1) is 17.3. The molecule has 10 nitrogen and oxygen atoms in total. The average Bonchev–Trinajstić information content (AvgIpc) is 3.63. The molecule has 1 atom stereocenters. The van der Waals surface area contributed by atoms with Crippen LogP contribution in [-0.2, 0) is 23.5 Å². The monoisotopic (exact) mass is 525 g/mol. The van der Waals surface area contributed by atoms with Crippen LogP contribution in [0.1, 0.15) is 27.5 Å². The SMILES string of the molecule is Cn1nncc1S(=O)(=O)N1CCC2=Cc3c(cnn3-c3ccc(F)cc3)C[C@]2(C(=O)c2nccs2)C1. The lowest BCUT2D eigenvalue weighted by Crippen LogP contribution is -2.53. The smallest absolute Gasteiger partial charge is 0.261 e. The normalized spacial score (nSPS) is 20.0. The number of hydrogen-bond donors (Lipinski definition) is 0. The van der Waals surface area contributed by atoms with Gasteiger partial charge in [-0.2, -0.15) is 9.40 Å². The van der Waals surface area contributed by atoms with Crippen molar-refractivity contribution in [2.24, 2.45) is 12.5 Å². The number of aryl methyl sites for hydroxylation is 1. The lowest BCUT2D eigenvalue weighted by molar-refractivity contribution is 0.0775. The van der Waals surface area contributed by atoms with Crippen LogP contribution in [0.25, 0.3) is 11.8 Å². The van der Waals surface area contributed by atoms with Gasteiger partial charge in [0.05, 0.1) is 29.2 Å². The molecule has 4 aromatic rings. The molecule has 1 fully saturated rings. The first kappa shape index (κ1) is 22.9. The fourth-order valence-electron chi connectivity index (χ4n) is 5.00. The van der Waals surface area contributed by atoms with Crippen LogP contribution in [0, 0.1) is 11.2 Å². The minimum Gasteiger partial charge on any atom is -0.290 e. The van der Waals surface area contributed by atoms with Gasteiger partial charge < -0.3 is 0 Å². The molecule has 0 amide bonds. The molecule has 184 valence electrons. The number of Topliss-reactive ketones (excluding diaryl/α,β-unsaturated/α-hetero) is 1. The number of piperidine rings is 1. The molecule has 1 aliphatic heterocycles. The van der Waals surface area contributed by atoms with E-state index >= 15 is 0 Å². The van der Waals surface area contributed by atoms with E-state index in [-0.39, 0.29) is 36.1 Å². The van der Waals surface area contributed by atoms with Gasteiger partial charge in [-0.25, -0.2) is 27.2 Å². The zero-order valence-corrected chi connectivity index (χ0v) is 20.7. The number of sulfonamides is 1. The van der Waals surface area contributed by atoms with Gasteiger partial charge in [0.15, 0.2) is 10.0 Å². The van der Waals surface area contributed by atoms with Gasteiger partial charge in [0.1, 0.15) is 5.82 Å². The molecule has 4 heterocycles. The van der Waals surface area contributed by atoms with Crippen molar-refractivity contribution in [2.75, 3.05) is 13.1 Å². The van der Waals surface area contributed by atoms with Gasteiger partial charge in [-0.3, -0.25) is 4.79 Å². The maximum atomic E-state index is 14.0. The van der Waals surface area contributed by atoms with E-state index in [9.17, 15) is 17.6 Å². The molecule has 1 aromatic carbocycles. The van der Waals surface area contributed by atoms with Gasteiger partial charge in [0, 0.05) is 31.7 Å². The van der Waals surface area contributed by atoms with Crippen molar-refractivity contribution in [3.63, 3.8) is 0 Å². The number of carbonyl (C=O) groups is 1. The van der Waals surface area contributed by atoms with Crippen LogP contribution in [-0.4, -0.2) is 61.4 Å². The third-order valence-electron chi connectivity index (χ3n) is 6.79. The van der Waals surface area contributed by atoms with E-state index in [1.165, 1.54) is 45.7 Å². The number of rotatable bonds is 5. The van der Waals surface area contributed by atoms with Crippen molar-refractivity contribution in [1.29, 1.82) is 0 Å². The minimum atomic E-state index is -3.94. The summed E-state index contributed by atoms with van der Waals surface area (Å²) < 4.78 is 44.7. The highest BCUT2D eigenvalue weighted by Crippen LogP contribution is 2.47. The molecule has 6 rings (SSSR count). The molecule has 3 aromatic heterocycles. The summed E-state index contributed by atoms with van der Waals surface area (Å²) in [6, 6.07) is 6.01. The molecular weight excluding hydrogens is 505 g/mol. The molecular formula is C23H20FN7O3S2. The first-order valence-electron chi connectivity index (χ1n) is 11.1. The number of benzene rings is 1. The van der Waals surface area contributed by atoms with Crippen molar-refractivity contribution in [3.05, 3.63) is 75.9 Å². The number of halogens is 1. The first-order valence-corrected chi connectivity index (χ1v) is 13.4. The number of nitrogens with zero attached hydrogens (tertiary/aromatic N) is 7. The maximum absolute atomic E-state index is 14.0. The van der Waals surface area contributed by atoms with Crippen molar-refractivity contribution in [3.8, 4) is 5.69 Å². The van der Waals surface area contributed by atoms with Gasteiger partial charge >= 0.3 is 0 Å². The molecule has 1 saturated heterocycles. The fraction of sp³-hybridized carbons (Fsp3) is 0.261. The predicted octanol–water partition coefficient (Wildman–Crippen LogP) is 2.50. The molecule has 0 radical (unpaired) electrons. The van der Waals surface area contributed by atoms with Gasteiger partial charge in [-0.1, -0.05) is 10.8 Å². The minimum absolute atomic E-state index is 0.0348. The number of carbonyl (C=O) groups excluding carboxylic acids is 1. The highest BCUT2D eigenvalue weighted by molar-refractivity contribution is 7.89. The Morgan fingerprint density at radius 2 is 2.00 bits per heavy atom. The molecule has 0 bridgehead atoms. The standard InChI is InChI=1S/C23H20FN7O3S2/c1-29-20(13-26-28-29)36(33,34)30-8-6-16-10-19-15(12-27-31(19)18-4-2-17(24)3-5-18)11-23(16,14-30)21(32)22-25-7-9-35-22/h2-5,7,9-10,12-13H,6,8,11,14H2,1H3/t23-/m0/s1. The summed E-state index contributed by atoms with van der Waals surface area (Å²) in [7, 11) is -2.42. The van der Waals surface area contributed by atoms with Gasteiger partial charge in [-0.15, -0.1) is 16.4 Å². The van der Waals surface area contributed by atoms with E-state index in [0.717, 1.165) is 16.8 Å². The second-order valence-corrected chi connectivity index (χ2v) is 11.6. The summed E-state index contributed by atoms with van der Waals surface area (Å²) >= 11 is 1.23. The summed E-state index contributed by atoms with van der Waals surface area (Å²) in [5.41, 5.74) is 1.99. The van der Waals surface area contributed by atoms with Crippen molar-refractivity contribution < 1.29 is 17.6 Å². The van der Waals surface area contributed by atoms with E-state index in [0.29, 0.717) is 17.1 Å². The van der Waals surface area contributed by atoms with Gasteiger partial charge in [0.2, 0.25) is 5.78 Å². The number of thiazole rings is 1. The van der Waals surface area contributed by atoms with Crippen LogP contribution in [0.3, 0.4) is 0 Å². The van der Waals surface area contributed by atoms with E-state index in [1.54, 1.807) is 34.6 Å². The van der Waals surface area contributed by atoms with Gasteiger partial charge in [0.25, 0.3) is 10.0 Å². The van der Waals surface area contributed by atoms with Crippen LogP contribution in [0.5, 0.6) is 0 Å². The molecule has 0 unspecified atom stereocenters. The Hall–Kier alpha value is -3.55. The van der Waals surface area contributed by atoms with Crippen molar-refractivity contribution in [1.82, 2.24) is 34.1 Å².